The van der Waals surface area contributed by atoms with Crippen molar-refractivity contribution in [2.75, 3.05) is 11.9 Å². The third-order valence-electron chi connectivity index (χ3n) is 7.77. The van der Waals surface area contributed by atoms with Gasteiger partial charge in [0.25, 0.3) is 0 Å². The fourth-order valence-electron chi connectivity index (χ4n) is 5.75. The van der Waals surface area contributed by atoms with Gasteiger partial charge in [-0.1, -0.05) is 24.3 Å². The van der Waals surface area contributed by atoms with Crippen molar-refractivity contribution in [2.45, 2.75) is 59.0 Å². The third-order valence-corrected chi connectivity index (χ3v) is 9.10. The maximum absolute atomic E-state index is 14.2. The van der Waals surface area contributed by atoms with Gasteiger partial charge < -0.3 is 19.5 Å². The summed E-state index contributed by atoms with van der Waals surface area (Å²) in [5.41, 5.74) is 8.03. The zero-order valence-electron chi connectivity index (χ0n) is 21.7. The van der Waals surface area contributed by atoms with Crippen LogP contribution in [0.15, 0.2) is 60.8 Å². The molecule has 0 unspecified atom stereocenters. The topological polar surface area (TPSA) is 46.5 Å². The van der Waals surface area contributed by atoms with Gasteiger partial charge in [-0.25, -0.2) is 4.79 Å². The second kappa shape index (κ2) is 9.75. The van der Waals surface area contributed by atoms with Gasteiger partial charge in [-0.3, -0.25) is 0 Å². The molecule has 1 atom stereocenters. The lowest BCUT2D eigenvalue weighted by Gasteiger charge is -2.32. The number of aromatic nitrogens is 1. The lowest BCUT2D eigenvalue weighted by molar-refractivity contribution is 0.194. The minimum atomic E-state index is -0.251. The maximum atomic E-state index is 14.2. The van der Waals surface area contributed by atoms with Crippen molar-refractivity contribution in [3.8, 4) is 10.8 Å². The number of thiophene rings is 1. The number of urea groups is 1. The molecule has 0 radical (unpaired) electrons. The number of hydrogen-bond acceptors (Lipinski definition) is 3. The van der Waals surface area contributed by atoms with E-state index in [4.69, 9.17) is 4.74 Å². The van der Waals surface area contributed by atoms with Crippen LogP contribution in [0.2, 0.25) is 0 Å². The highest BCUT2D eigenvalue weighted by Crippen LogP contribution is 2.44. The molecule has 1 N–H and O–H groups in total. The number of carbonyl (C=O) groups excluding carboxylic acids is 1. The number of hydrogen-bond donors (Lipinski definition) is 1. The number of benzene rings is 2. The Bertz CT molecular complexity index is 1470. The Morgan fingerprint density at radius 2 is 1.89 bits per heavy atom. The van der Waals surface area contributed by atoms with E-state index in [1.54, 1.807) is 0 Å². The highest BCUT2D eigenvalue weighted by Gasteiger charge is 2.36. The van der Waals surface area contributed by atoms with Crippen LogP contribution < -0.4 is 10.1 Å². The van der Waals surface area contributed by atoms with Gasteiger partial charge in [-0.15, -0.1) is 11.3 Å². The van der Waals surface area contributed by atoms with Gasteiger partial charge in [-0.05, 0) is 99.0 Å². The predicted molar refractivity (Wildman–Crippen MR) is 150 cm³/mol. The van der Waals surface area contributed by atoms with E-state index in [1.165, 1.54) is 33.8 Å². The van der Waals surface area contributed by atoms with E-state index in [1.807, 2.05) is 47.4 Å². The van der Waals surface area contributed by atoms with Gasteiger partial charge in [0.1, 0.15) is 10.8 Å². The van der Waals surface area contributed by atoms with Gasteiger partial charge in [0.15, 0.2) is 0 Å². The van der Waals surface area contributed by atoms with Gasteiger partial charge in [-0.2, -0.15) is 0 Å². The Kier molecular flexibility index (Phi) is 6.29. The summed E-state index contributed by atoms with van der Waals surface area (Å²) in [6.07, 6.45) is 6.84. The number of nitrogens with zero attached hydrogens (tertiary/aromatic N) is 2. The number of rotatable bonds is 4. The van der Waals surface area contributed by atoms with Crippen molar-refractivity contribution in [1.82, 2.24) is 9.47 Å². The molecule has 5 nitrogen and oxygen atoms in total. The fourth-order valence-corrected chi connectivity index (χ4v) is 7.16. The molecule has 2 aromatic heterocycles. The van der Waals surface area contributed by atoms with Crippen LogP contribution in [0.1, 0.15) is 64.2 Å². The fraction of sp³-hybridized carbons (Fsp3) is 0.323. The second-order valence-corrected chi connectivity index (χ2v) is 11.1. The first kappa shape index (κ1) is 23.9. The largest absolute Gasteiger partial charge is 0.494 e. The third kappa shape index (κ3) is 4.23. The van der Waals surface area contributed by atoms with Crippen LogP contribution in [0, 0.1) is 13.8 Å². The predicted octanol–water partition coefficient (Wildman–Crippen LogP) is 7.57. The number of ether oxygens (including phenoxy) is 1. The molecule has 3 heterocycles. The molecule has 0 bridgehead atoms. The SMILES string of the molecule is CCOc1cccc([C@H]2c3cccn3-c3sc4c(c3CN2C(=O)Nc2cccc(C)c2C)CCCC4)c1. The van der Waals surface area contributed by atoms with Crippen LogP contribution in [0.3, 0.4) is 0 Å². The Balaban J connectivity index is 1.50. The molecular formula is C31H33N3O2S. The number of nitrogens with one attached hydrogen (secondary N) is 1. The molecule has 2 amide bonds. The molecular weight excluding hydrogens is 478 g/mol. The second-order valence-electron chi connectivity index (χ2n) is 10.0. The van der Waals surface area contributed by atoms with Crippen molar-refractivity contribution in [1.29, 1.82) is 0 Å². The first-order valence-electron chi connectivity index (χ1n) is 13.2. The molecule has 4 aromatic rings. The number of anilines is 1. The smallest absolute Gasteiger partial charge is 0.322 e. The summed E-state index contributed by atoms with van der Waals surface area (Å²) in [5, 5.41) is 4.53. The van der Waals surface area contributed by atoms with E-state index < -0.39 is 0 Å². The Morgan fingerprint density at radius 3 is 2.76 bits per heavy atom. The Hall–Kier alpha value is -3.51. The van der Waals surface area contributed by atoms with Crippen LogP contribution in [0.4, 0.5) is 10.5 Å². The highest BCUT2D eigenvalue weighted by atomic mass is 32.1. The maximum Gasteiger partial charge on any atom is 0.322 e. The zero-order chi connectivity index (χ0) is 25.5. The molecule has 2 aliphatic rings. The highest BCUT2D eigenvalue weighted by molar-refractivity contribution is 7.15. The molecule has 190 valence electrons. The van der Waals surface area contributed by atoms with Crippen molar-refractivity contribution in [3.05, 3.63) is 99.2 Å². The van der Waals surface area contributed by atoms with E-state index in [0.717, 1.165) is 46.7 Å². The molecule has 0 fully saturated rings. The van der Waals surface area contributed by atoms with Crippen molar-refractivity contribution in [3.63, 3.8) is 0 Å². The van der Waals surface area contributed by atoms with Crippen LogP contribution in [-0.2, 0) is 19.4 Å². The van der Waals surface area contributed by atoms with E-state index in [9.17, 15) is 4.79 Å². The molecule has 0 saturated heterocycles. The lowest BCUT2D eigenvalue weighted by Crippen LogP contribution is -2.38. The van der Waals surface area contributed by atoms with E-state index in [-0.39, 0.29) is 12.1 Å². The summed E-state index contributed by atoms with van der Waals surface area (Å²) in [6.45, 7) is 7.31. The van der Waals surface area contributed by atoms with Gasteiger partial charge in [0.2, 0.25) is 0 Å². The summed E-state index contributed by atoms with van der Waals surface area (Å²) < 4.78 is 8.18. The summed E-state index contributed by atoms with van der Waals surface area (Å²) in [6, 6.07) is 18.2. The van der Waals surface area contributed by atoms with Crippen LogP contribution >= 0.6 is 11.3 Å². The quantitative estimate of drug-likeness (QED) is 0.307. The molecule has 0 saturated carbocycles. The number of aryl methyl sites for hydroxylation is 2. The van der Waals surface area contributed by atoms with Gasteiger partial charge in [0, 0.05) is 22.3 Å². The van der Waals surface area contributed by atoms with Crippen LogP contribution in [0.5, 0.6) is 5.75 Å². The molecule has 6 heteroatoms. The van der Waals surface area contributed by atoms with Crippen molar-refractivity contribution < 1.29 is 9.53 Å². The Morgan fingerprint density at radius 1 is 1.05 bits per heavy atom. The minimum absolute atomic E-state index is 0.0862. The Labute approximate surface area is 222 Å². The van der Waals surface area contributed by atoms with Gasteiger partial charge >= 0.3 is 6.03 Å². The van der Waals surface area contributed by atoms with Crippen molar-refractivity contribution in [2.24, 2.45) is 0 Å². The van der Waals surface area contributed by atoms with E-state index >= 15 is 0 Å². The lowest BCUT2D eigenvalue weighted by atomic mass is 9.95. The standard InChI is InChI=1S/C31H33N3O2S/c1-4-36-23-12-8-11-22(18-23)29-27-15-9-17-33(27)30-25(24-13-5-6-16-28(24)37-30)19-34(29)31(35)32-26-14-7-10-20(2)21(26)3/h7-12,14-15,17-18,29H,4-6,13,16,19H2,1-3H3,(H,32,35)/t29-/m0/s1. The molecule has 37 heavy (non-hydrogen) atoms. The average molecular weight is 512 g/mol. The molecule has 6 rings (SSSR count). The number of amides is 2. The zero-order valence-corrected chi connectivity index (χ0v) is 22.5. The summed E-state index contributed by atoms with van der Waals surface area (Å²) in [7, 11) is 0. The summed E-state index contributed by atoms with van der Waals surface area (Å²) in [4.78, 5) is 17.7. The molecule has 0 spiro atoms. The van der Waals surface area contributed by atoms with Crippen LogP contribution in [-0.4, -0.2) is 22.1 Å². The minimum Gasteiger partial charge on any atom is -0.494 e. The van der Waals surface area contributed by atoms with E-state index in [2.05, 4.69) is 60.3 Å². The monoisotopic (exact) mass is 511 g/mol. The van der Waals surface area contributed by atoms with Crippen molar-refractivity contribution >= 4 is 23.1 Å². The summed E-state index contributed by atoms with van der Waals surface area (Å²) in [5.74, 6) is 0.824. The van der Waals surface area contributed by atoms with Crippen LogP contribution in [0.25, 0.3) is 5.00 Å². The molecule has 1 aliphatic heterocycles. The first-order chi connectivity index (χ1) is 18.0. The molecule has 1 aliphatic carbocycles. The normalized spacial score (nSPS) is 16.4. The van der Waals surface area contributed by atoms with Gasteiger partial charge in [0.05, 0.1) is 24.9 Å². The number of carbonyl (C=O) groups is 1. The molecule has 2 aromatic carbocycles. The summed E-state index contributed by atoms with van der Waals surface area (Å²) >= 11 is 1.91. The first-order valence-corrected chi connectivity index (χ1v) is 14.0. The van der Waals surface area contributed by atoms with E-state index in [0.29, 0.717) is 13.2 Å². The number of fused-ring (bicyclic) bond motifs is 5. The average Bonchev–Trinajstić information content (AvgIpc) is 3.49.